The van der Waals surface area contributed by atoms with E-state index < -0.39 is 0 Å². The van der Waals surface area contributed by atoms with Crippen molar-refractivity contribution in [3.63, 3.8) is 0 Å². The number of benzene rings is 2. The van der Waals surface area contributed by atoms with Crippen molar-refractivity contribution in [2.75, 3.05) is 0 Å². The van der Waals surface area contributed by atoms with Crippen molar-refractivity contribution in [2.45, 2.75) is 18.8 Å². The highest BCUT2D eigenvalue weighted by molar-refractivity contribution is 5.64. The molecule has 1 aliphatic carbocycles. The molecule has 0 bridgehead atoms. The third kappa shape index (κ3) is 1.80. The van der Waals surface area contributed by atoms with Crippen molar-refractivity contribution >= 4 is 0 Å². The first-order chi connectivity index (χ1) is 7.43. The SMILES string of the molecule is c1ccc(-c2cccc(C3CC3)c2)cc1. The molecule has 0 aromatic heterocycles. The third-order valence-electron chi connectivity index (χ3n) is 3.04. The summed E-state index contributed by atoms with van der Waals surface area (Å²) < 4.78 is 0. The number of rotatable bonds is 2. The second-order valence-electron chi connectivity index (χ2n) is 4.27. The van der Waals surface area contributed by atoms with E-state index in [0.717, 1.165) is 5.92 Å². The Balaban J connectivity index is 2.01. The van der Waals surface area contributed by atoms with E-state index in [1.807, 2.05) is 0 Å². The zero-order chi connectivity index (χ0) is 10.1. The smallest absolute Gasteiger partial charge is 0.0161 e. The van der Waals surface area contributed by atoms with E-state index in [1.54, 1.807) is 0 Å². The Morgan fingerprint density at radius 2 is 1.47 bits per heavy atom. The lowest BCUT2D eigenvalue weighted by Gasteiger charge is -2.04. The van der Waals surface area contributed by atoms with Crippen LogP contribution < -0.4 is 0 Å². The van der Waals surface area contributed by atoms with Crippen molar-refractivity contribution in [1.29, 1.82) is 0 Å². The zero-order valence-electron chi connectivity index (χ0n) is 8.69. The molecule has 0 heteroatoms. The molecule has 1 aliphatic rings. The van der Waals surface area contributed by atoms with Crippen molar-refractivity contribution < 1.29 is 0 Å². The van der Waals surface area contributed by atoms with Crippen LogP contribution in [0.15, 0.2) is 54.6 Å². The molecule has 3 rings (SSSR count). The zero-order valence-corrected chi connectivity index (χ0v) is 8.69. The van der Waals surface area contributed by atoms with Crippen LogP contribution in [0.25, 0.3) is 11.1 Å². The quantitative estimate of drug-likeness (QED) is 0.671. The maximum atomic E-state index is 2.34. The molecule has 1 fully saturated rings. The lowest BCUT2D eigenvalue weighted by atomic mass is 10.0. The predicted molar refractivity (Wildman–Crippen MR) is 63.9 cm³/mol. The molecule has 0 spiro atoms. The Morgan fingerprint density at radius 3 is 2.20 bits per heavy atom. The lowest BCUT2D eigenvalue weighted by Crippen LogP contribution is -1.81. The van der Waals surface area contributed by atoms with Crippen LogP contribution in [0.5, 0.6) is 0 Å². The summed E-state index contributed by atoms with van der Waals surface area (Å²) >= 11 is 0. The van der Waals surface area contributed by atoms with Gasteiger partial charge in [0.25, 0.3) is 0 Å². The van der Waals surface area contributed by atoms with Gasteiger partial charge in [-0.1, -0.05) is 54.6 Å². The average molecular weight is 194 g/mol. The molecule has 74 valence electrons. The summed E-state index contributed by atoms with van der Waals surface area (Å²) in [5, 5.41) is 0. The van der Waals surface area contributed by atoms with Gasteiger partial charge in [-0.2, -0.15) is 0 Å². The summed E-state index contributed by atoms with van der Waals surface area (Å²) in [5.74, 6) is 0.841. The second-order valence-corrected chi connectivity index (χ2v) is 4.27. The van der Waals surface area contributed by atoms with Gasteiger partial charge < -0.3 is 0 Å². The van der Waals surface area contributed by atoms with Crippen molar-refractivity contribution in [3.8, 4) is 11.1 Å². The molecular formula is C15H14. The highest BCUT2D eigenvalue weighted by Crippen LogP contribution is 2.40. The summed E-state index contributed by atoms with van der Waals surface area (Å²) in [6.45, 7) is 0. The van der Waals surface area contributed by atoms with Gasteiger partial charge in [-0.25, -0.2) is 0 Å². The van der Waals surface area contributed by atoms with Gasteiger partial charge in [-0.15, -0.1) is 0 Å². The van der Waals surface area contributed by atoms with Crippen LogP contribution in [-0.2, 0) is 0 Å². The third-order valence-corrected chi connectivity index (χ3v) is 3.04. The van der Waals surface area contributed by atoms with Crippen molar-refractivity contribution in [2.24, 2.45) is 0 Å². The minimum absolute atomic E-state index is 0.841. The average Bonchev–Trinajstić information content (AvgIpc) is 3.14. The highest BCUT2D eigenvalue weighted by Gasteiger charge is 2.23. The normalized spacial score (nSPS) is 15.2. The van der Waals surface area contributed by atoms with Gasteiger partial charge in [-0.05, 0) is 35.4 Å². The molecule has 2 aromatic carbocycles. The summed E-state index contributed by atoms with van der Waals surface area (Å²) in [7, 11) is 0. The van der Waals surface area contributed by atoms with E-state index in [2.05, 4.69) is 54.6 Å². The minimum atomic E-state index is 0.841. The first-order valence-corrected chi connectivity index (χ1v) is 5.59. The van der Waals surface area contributed by atoms with Crippen LogP contribution >= 0.6 is 0 Å². The standard InChI is InChI=1S/C15H14/c1-2-5-12(6-3-1)14-7-4-8-15(11-14)13-9-10-13/h1-8,11,13H,9-10H2. The molecule has 0 heterocycles. The van der Waals surface area contributed by atoms with Gasteiger partial charge in [0.1, 0.15) is 0 Å². The Morgan fingerprint density at radius 1 is 0.733 bits per heavy atom. The summed E-state index contributed by atoms with van der Waals surface area (Å²) in [6, 6.07) is 19.6. The fraction of sp³-hybridized carbons (Fsp3) is 0.200. The molecule has 0 atom stereocenters. The molecular weight excluding hydrogens is 180 g/mol. The summed E-state index contributed by atoms with van der Waals surface area (Å²) in [4.78, 5) is 0. The van der Waals surface area contributed by atoms with E-state index >= 15 is 0 Å². The van der Waals surface area contributed by atoms with Crippen molar-refractivity contribution in [1.82, 2.24) is 0 Å². The van der Waals surface area contributed by atoms with Crippen LogP contribution in [-0.4, -0.2) is 0 Å². The van der Waals surface area contributed by atoms with Crippen LogP contribution in [0.1, 0.15) is 24.3 Å². The maximum Gasteiger partial charge on any atom is -0.0161 e. The fourth-order valence-corrected chi connectivity index (χ4v) is 2.02. The first-order valence-electron chi connectivity index (χ1n) is 5.59. The topological polar surface area (TPSA) is 0 Å². The van der Waals surface area contributed by atoms with Gasteiger partial charge in [0.2, 0.25) is 0 Å². The second kappa shape index (κ2) is 3.54. The van der Waals surface area contributed by atoms with Crippen LogP contribution in [0, 0.1) is 0 Å². The Kier molecular flexibility index (Phi) is 2.06. The van der Waals surface area contributed by atoms with Gasteiger partial charge in [0.05, 0.1) is 0 Å². The van der Waals surface area contributed by atoms with Gasteiger partial charge >= 0.3 is 0 Å². The van der Waals surface area contributed by atoms with Gasteiger partial charge in [0.15, 0.2) is 0 Å². The Labute approximate surface area is 90.6 Å². The number of hydrogen-bond donors (Lipinski definition) is 0. The fourth-order valence-electron chi connectivity index (χ4n) is 2.02. The van der Waals surface area contributed by atoms with E-state index in [9.17, 15) is 0 Å². The molecule has 0 N–H and O–H groups in total. The van der Waals surface area contributed by atoms with Crippen LogP contribution in [0.3, 0.4) is 0 Å². The van der Waals surface area contributed by atoms with Crippen LogP contribution in [0.4, 0.5) is 0 Å². The minimum Gasteiger partial charge on any atom is -0.0622 e. The molecule has 15 heavy (non-hydrogen) atoms. The molecule has 0 nitrogen and oxygen atoms in total. The summed E-state index contributed by atoms with van der Waals surface area (Å²) in [5.41, 5.74) is 4.18. The molecule has 0 aliphatic heterocycles. The maximum absolute atomic E-state index is 2.34. The van der Waals surface area contributed by atoms with E-state index in [0.29, 0.717) is 0 Å². The predicted octanol–water partition coefficient (Wildman–Crippen LogP) is 4.23. The molecule has 0 saturated heterocycles. The number of hydrogen-bond acceptors (Lipinski definition) is 0. The van der Waals surface area contributed by atoms with E-state index in [4.69, 9.17) is 0 Å². The Bertz CT molecular complexity index is 452. The molecule has 1 saturated carbocycles. The highest BCUT2D eigenvalue weighted by atomic mass is 14.3. The Hall–Kier alpha value is -1.56. The summed E-state index contributed by atoms with van der Waals surface area (Å²) in [6.07, 6.45) is 2.75. The largest absolute Gasteiger partial charge is 0.0622 e. The molecule has 0 radical (unpaired) electrons. The molecule has 0 amide bonds. The van der Waals surface area contributed by atoms with E-state index in [1.165, 1.54) is 29.5 Å². The first kappa shape index (κ1) is 8.72. The lowest BCUT2D eigenvalue weighted by molar-refractivity contribution is 1.13. The van der Waals surface area contributed by atoms with E-state index in [-0.39, 0.29) is 0 Å². The molecule has 0 unspecified atom stereocenters. The van der Waals surface area contributed by atoms with Gasteiger partial charge in [-0.3, -0.25) is 0 Å². The van der Waals surface area contributed by atoms with Crippen LogP contribution in [0.2, 0.25) is 0 Å². The van der Waals surface area contributed by atoms with Crippen molar-refractivity contribution in [3.05, 3.63) is 60.2 Å². The monoisotopic (exact) mass is 194 g/mol. The molecule has 2 aromatic rings. The van der Waals surface area contributed by atoms with Gasteiger partial charge in [0, 0.05) is 0 Å².